The highest BCUT2D eigenvalue weighted by Gasteiger charge is 2.56. The lowest BCUT2D eigenvalue weighted by Crippen LogP contribution is -2.54. The molecule has 4 nitrogen and oxygen atoms in total. The van der Waals surface area contributed by atoms with Gasteiger partial charge >= 0.3 is 0 Å². The number of nitrogens with zero attached hydrogens (tertiary/aromatic N) is 2. The van der Waals surface area contributed by atoms with Crippen LogP contribution in [-0.4, -0.2) is 35.0 Å². The Morgan fingerprint density at radius 3 is 2.44 bits per heavy atom. The molecule has 0 aromatic carbocycles. The third kappa shape index (κ3) is 2.74. The van der Waals surface area contributed by atoms with Crippen LogP contribution in [0.2, 0.25) is 0 Å². The highest BCUT2D eigenvalue weighted by molar-refractivity contribution is 5.83. The predicted octanol–water partition coefficient (Wildman–Crippen LogP) is 3.59. The minimum atomic E-state index is -0.0221. The fraction of sp³-hybridized carbons (Fsp3) is 0.714. The van der Waals surface area contributed by atoms with Crippen LogP contribution in [0.5, 0.6) is 5.88 Å². The standard InChI is InChI=1S/C21H28N2O2/c1-14-2-3-19(22-12-14)25-18-4-5-23(13-18)20(24)21-9-15-6-16(10-21)8-17(7-15)11-21/h2-3,12,15-18H,4-11,13H2,1H3. The highest BCUT2D eigenvalue weighted by Crippen LogP contribution is 2.60. The van der Waals surface area contributed by atoms with E-state index in [0.717, 1.165) is 62.1 Å². The van der Waals surface area contributed by atoms with Gasteiger partial charge in [0.1, 0.15) is 6.10 Å². The van der Waals surface area contributed by atoms with Crippen molar-refractivity contribution in [1.29, 1.82) is 0 Å². The Balaban J connectivity index is 1.25. The van der Waals surface area contributed by atoms with Crippen LogP contribution in [0.25, 0.3) is 0 Å². The van der Waals surface area contributed by atoms with Crippen molar-refractivity contribution in [1.82, 2.24) is 9.88 Å². The van der Waals surface area contributed by atoms with Crippen molar-refractivity contribution >= 4 is 5.91 Å². The average molecular weight is 340 g/mol. The SMILES string of the molecule is Cc1ccc(OC2CCN(C(=O)C34CC5CC(CC(C5)C3)C4)C2)nc1. The predicted molar refractivity (Wildman–Crippen MR) is 95.2 cm³/mol. The number of carbonyl (C=O) groups excluding carboxylic acids is 1. The number of pyridine rings is 1. The first kappa shape index (κ1) is 15.7. The number of aryl methyl sites for hydroxylation is 1. The zero-order valence-electron chi connectivity index (χ0n) is 15.1. The molecule has 1 aromatic rings. The van der Waals surface area contributed by atoms with Gasteiger partial charge in [-0.2, -0.15) is 0 Å². The Hall–Kier alpha value is -1.58. The van der Waals surface area contributed by atoms with Gasteiger partial charge in [0.05, 0.1) is 12.0 Å². The van der Waals surface area contributed by atoms with Crippen LogP contribution in [0.1, 0.15) is 50.5 Å². The van der Waals surface area contributed by atoms with Gasteiger partial charge in [0, 0.05) is 25.2 Å². The van der Waals surface area contributed by atoms with Crippen LogP contribution in [0.15, 0.2) is 18.3 Å². The summed E-state index contributed by atoms with van der Waals surface area (Å²) in [6, 6.07) is 3.95. The molecule has 1 saturated heterocycles. The summed E-state index contributed by atoms with van der Waals surface area (Å²) in [5, 5.41) is 0. The number of carbonyl (C=O) groups is 1. The zero-order valence-corrected chi connectivity index (χ0v) is 15.1. The summed E-state index contributed by atoms with van der Waals surface area (Å²) in [4.78, 5) is 19.8. The van der Waals surface area contributed by atoms with Crippen molar-refractivity contribution < 1.29 is 9.53 Å². The fourth-order valence-corrected chi connectivity index (χ4v) is 6.41. The molecule has 2 heterocycles. The van der Waals surface area contributed by atoms with Gasteiger partial charge in [-0.1, -0.05) is 6.07 Å². The molecule has 5 aliphatic rings. The first-order valence-corrected chi connectivity index (χ1v) is 9.98. The van der Waals surface area contributed by atoms with Crippen molar-refractivity contribution in [3.05, 3.63) is 23.9 Å². The second-order valence-electron chi connectivity index (χ2n) is 9.15. The molecule has 25 heavy (non-hydrogen) atoms. The number of amides is 1. The Morgan fingerprint density at radius 2 is 1.84 bits per heavy atom. The molecular weight excluding hydrogens is 312 g/mol. The van der Waals surface area contributed by atoms with Gasteiger partial charge in [-0.25, -0.2) is 4.98 Å². The smallest absolute Gasteiger partial charge is 0.228 e. The van der Waals surface area contributed by atoms with E-state index in [2.05, 4.69) is 9.88 Å². The fourth-order valence-electron chi connectivity index (χ4n) is 6.41. The van der Waals surface area contributed by atoms with Gasteiger partial charge < -0.3 is 9.64 Å². The Bertz CT molecular complexity index is 634. The van der Waals surface area contributed by atoms with Gasteiger partial charge in [0.15, 0.2) is 0 Å². The van der Waals surface area contributed by atoms with Crippen LogP contribution in [0, 0.1) is 30.1 Å². The molecule has 1 amide bonds. The second kappa shape index (κ2) is 5.72. The van der Waals surface area contributed by atoms with Gasteiger partial charge in [-0.05, 0) is 68.8 Å². The van der Waals surface area contributed by atoms with Gasteiger partial charge in [0.2, 0.25) is 11.8 Å². The summed E-state index contributed by atoms with van der Waals surface area (Å²) >= 11 is 0. The van der Waals surface area contributed by atoms with Crippen LogP contribution in [0.4, 0.5) is 0 Å². The van der Waals surface area contributed by atoms with Gasteiger partial charge in [-0.3, -0.25) is 4.79 Å². The first-order chi connectivity index (χ1) is 12.1. The summed E-state index contributed by atoms with van der Waals surface area (Å²) in [7, 11) is 0. The number of ether oxygens (including phenoxy) is 1. The largest absolute Gasteiger partial charge is 0.472 e. The molecular formula is C21H28N2O2. The Kier molecular flexibility index (Phi) is 3.58. The number of hydrogen-bond donors (Lipinski definition) is 0. The number of hydrogen-bond acceptors (Lipinski definition) is 3. The molecule has 5 fully saturated rings. The van der Waals surface area contributed by atoms with Crippen molar-refractivity contribution in [3.8, 4) is 5.88 Å². The maximum absolute atomic E-state index is 13.4. The van der Waals surface area contributed by atoms with E-state index in [0.29, 0.717) is 11.8 Å². The lowest BCUT2D eigenvalue weighted by atomic mass is 9.49. The van der Waals surface area contributed by atoms with Crippen molar-refractivity contribution in [2.45, 2.75) is 58.0 Å². The molecule has 1 unspecified atom stereocenters. The molecule has 0 radical (unpaired) electrons. The van der Waals surface area contributed by atoms with E-state index in [1.165, 1.54) is 19.3 Å². The topological polar surface area (TPSA) is 42.4 Å². The van der Waals surface area contributed by atoms with Crippen LogP contribution in [-0.2, 0) is 4.79 Å². The van der Waals surface area contributed by atoms with Gasteiger partial charge in [0.25, 0.3) is 0 Å². The normalized spacial score (nSPS) is 39.0. The lowest BCUT2D eigenvalue weighted by Gasteiger charge is -2.56. The molecule has 4 heteroatoms. The minimum absolute atomic E-state index is 0.0221. The van der Waals surface area contributed by atoms with E-state index >= 15 is 0 Å². The number of likely N-dealkylation sites (tertiary alicyclic amines) is 1. The number of rotatable bonds is 3. The van der Waals surface area contributed by atoms with Crippen molar-refractivity contribution in [2.75, 3.05) is 13.1 Å². The molecule has 4 aliphatic carbocycles. The van der Waals surface area contributed by atoms with Crippen LogP contribution >= 0.6 is 0 Å². The van der Waals surface area contributed by atoms with E-state index in [-0.39, 0.29) is 11.5 Å². The summed E-state index contributed by atoms with van der Waals surface area (Å²) in [6.07, 6.45) is 10.5. The minimum Gasteiger partial charge on any atom is -0.472 e. The lowest BCUT2D eigenvalue weighted by molar-refractivity contribution is -0.156. The summed E-state index contributed by atoms with van der Waals surface area (Å²) in [5.74, 6) is 3.58. The molecule has 1 atom stereocenters. The summed E-state index contributed by atoms with van der Waals surface area (Å²) in [5.41, 5.74) is 1.11. The van der Waals surface area contributed by atoms with Crippen molar-refractivity contribution in [3.63, 3.8) is 0 Å². The summed E-state index contributed by atoms with van der Waals surface area (Å²) in [6.45, 7) is 3.60. The molecule has 4 bridgehead atoms. The molecule has 1 aromatic heterocycles. The van der Waals surface area contributed by atoms with Crippen molar-refractivity contribution in [2.24, 2.45) is 23.2 Å². The molecule has 134 valence electrons. The van der Waals surface area contributed by atoms with E-state index in [1.54, 1.807) is 0 Å². The monoisotopic (exact) mass is 340 g/mol. The average Bonchev–Trinajstić information content (AvgIpc) is 3.03. The Morgan fingerprint density at radius 1 is 1.16 bits per heavy atom. The summed E-state index contributed by atoms with van der Waals surface area (Å²) < 4.78 is 6.02. The molecule has 0 N–H and O–H groups in total. The van der Waals surface area contributed by atoms with E-state index in [9.17, 15) is 4.79 Å². The van der Waals surface area contributed by atoms with Crippen LogP contribution < -0.4 is 4.74 Å². The van der Waals surface area contributed by atoms with Crippen LogP contribution in [0.3, 0.4) is 0 Å². The highest BCUT2D eigenvalue weighted by atomic mass is 16.5. The molecule has 4 saturated carbocycles. The molecule has 0 spiro atoms. The zero-order chi connectivity index (χ0) is 17.0. The van der Waals surface area contributed by atoms with Gasteiger partial charge in [-0.15, -0.1) is 0 Å². The maximum atomic E-state index is 13.4. The molecule has 6 rings (SSSR count). The van der Waals surface area contributed by atoms with E-state index < -0.39 is 0 Å². The maximum Gasteiger partial charge on any atom is 0.228 e. The quantitative estimate of drug-likeness (QED) is 0.844. The third-order valence-corrected chi connectivity index (χ3v) is 7.10. The molecule has 1 aliphatic heterocycles. The third-order valence-electron chi connectivity index (χ3n) is 7.10. The van der Waals surface area contributed by atoms with E-state index in [4.69, 9.17) is 4.74 Å². The Labute approximate surface area is 150 Å². The second-order valence-corrected chi connectivity index (χ2v) is 9.15. The number of aromatic nitrogens is 1. The first-order valence-electron chi connectivity index (χ1n) is 9.98. The van der Waals surface area contributed by atoms with E-state index in [1.807, 2.05) is 25.3 Å².